The fourth-order valence-corrected chi connectivity index (χ4v) is 3.79. The Morgan fingerprint density at radius 1 is 1.25 bits per heavy atom. The van der Waals surface area contributed by atoms with Crippen LogP contribution in [0.25, 0.3) is 0 Å². The third-order valence-corrected chi connectivity index (χ3v) is 4.18. The van der Waals surface area contributed by atoms with Crippen LogP contribution in [-0.4, -0.2) is 17.5 Å². The van der Waals surface area contributed by atoms with Gasteiger partial charge >= 0.3 is 0 Å². The first kappa shape index (κ1) is 9.01. The van der Waals surface area contributed by atoms with Crippen molar-refractivity contribution in [2.24, 2.45) is 11.3 Å². The Labute approximate surface area is 83.0 Å². The SMILES string of the molecule is CC1CC2(CC(C)O1)CC2CBr. The van der Waals surface area contributed by atoms with Crippen LogP contribution in [0.15, 0.2) is 0 Å². The monoisotopic (exact) mass is 232 g/mol. The molecule has 0 aromatic heterocycles. The molecule has 0 aromatic rings. The number of ether oxygens (including phenoxy) is 1. The summed E-state index contributed by atoms with van der Waals surface area (Å²) in [4.78, 5) is 0. The van der Waals surface area contributed by atoms with Crippen molar-refractivity contribution in [2.75, 3.05) is 5.33 Å². The molecule has 1 nitrogen and oxygen atoms in total. The fraction of sp³-hybridized carbons (Fsp3) is 1.00. The Kier molecular flexibility index (Phi) is 2.24. The molecule has 1 saturated carbocycles. The molecular weight excluding hydrogens is 216 g/mol. The largest absolute Gasteiger partial charge is 0.376 e. The number of hydrogen-bond acceptors (Lipinski definition) is 1. The van der Waals surface area contributed by atoms with Crippen LogP contribution in [0.5, 0.6) is 0 Å². The van der Waals surface area contributed by atoms with Gasteiger partial charge in [-0.25, -0.2) is 0 Å². The van der Waals surface area contributed by atoms with Crippen LogP contribution in [-0.2, 0) is 4.74 Å². The molecule has 1 saturated heterocycles. The molecule has 1 aliphatic heterocycles. The Morgan fingerprint density at radius 3 is 2.25 bits per heavy atom. The van der Waals surface area contributed by atoms with Gasteiger partial charge in [0, 0.05) is 5.33 Å². The third-order valence-electron chi connectivity index (χ3n) is 3.40. The summed E-state index contributed by atoms with van der Waals surface area (Å²) in [6.45, 7) is 4.42. The maximum absolute atomic E-state index is 5.74. The molecule has 0 aromatic carbocycles. The van der Waals surface area contributed by atoms with Crippen LogP contribution in [0.1, 0.15) is 33.1 Å². The minimum absolute atomic E-state index is 0.484. The van der Waals surface area contributed by atoms with Crippen LogP contribution in [0.3, 0.4) is 0 Å². The first-order chi connectivity index (χ1) is 5.66. The number of hydrogen-bond donors (Lipinski definition) is 0. The summed E-state index contributed by atoms with van der Waals surface area (Å²) in [7, 11) is 0. The van der Waals surface area contributed by atoms with Crippen molar-refractivity contribution in [3.63, 3.8) is 0 Å². The number of rotatable bonds is 1. The molecule has 2 fully saturated rings. The molecule has 3 atom stereocenters. The van der Waals surface area contributed by atoms with E-state index in [4.69, 9.17) is 4.74 Å². The van der Waals surface area contributed by atoms with E-state index in [1.165, 1.54) is 24.6 Å². The summed E-state index contributed by atoms with van der Waals surface area (Å²) in [5.74, 6) is 0.936. The van der Waals surface area contributed by atoms with E-state index in [1.54, 1.807) is 0 Å². The van der Waals surface area contributed by atoms with Gasteiger partial charge in [0.25, 0.3) is 0 Å². The minimum Gasteiger partial charge on any atom is -0.376 e. The second kappa shape index (κ2) is 2.98. The molecule has 70 valence electrons. The van der Waals surface area contributed by atoms with E-state index < -0.39 is 0 Å². The first-order valence-electron chi connectivity index (χ1n) is 4.88. The molecule has 2 rings (SSSR count). The van der Waals surface area contributed by atoms with Gasteiger partial charge in [-0.2, -0.15) is 0 Å². The van der Waals surface area contributed by atoms with Gasteiger partial charge in [-0.15, -0.1) is 0 Å². The second-order valence-electron chi connectivity index (χ2n) is 4.58. The topological polar surface area (TPSA) is 9.23 Å². The molecular formula is C10H17BrO. The predicted octanol–water partition coefficient (Wildman–Crippen LogP) is 2.98. The van der Waals surface area contributed by atoms with Crippen molar-refractivity contribution in [3.8, 4) is 0 Å². The summed E-state index contributed by atoms with van der Waals surface area (Å²) >= 11 is 3.59. The summed E-state index contributed by atoms with van der Waals surface area (Å²) in [6, 6.07) is 0. The molecule has 0 amide bonds. The van der Waals surface area contributed by atoms with Gasteiger partial charge in [-0.3, -0.25) is 0 Å². The Morgan fingerprint density at radius 2 is 1.83 bits per heavy atom. The van der Waals surface area contributed by atoms with Gasteiger partial charge in [0.15, 0.2) is 0 Å². The smallest absolute Gasteiger partial charge is 0.0556 e. The van der Waals surface area contributed by atoms with E-state index in [0.29, 0.717) is 17.6 Å². The van der Waals surface area contributed by atoms with E-state index >= 15 is 0 Å². The van der Waals surface area contributed by atoms with E-state index in [-0.39, 0.29) is 0 Å². The Bertz CT molecular complexity index is 171. The first-order valence-corrected chi connectivity index (χ1v) is 6.00. The van der Waals surface area contributed by atoms with Crippen LogP contribution < -0.4 is 0 Å². The summed E-state index contributed by atoms with van der Waals surface area (Å²) in [5, 5.41) is 1.19. The summed E-state index contributed by atoms with van der Waals surface area (Å²) in [6.07, 6.45) is 4.97. The third kappa shape index (κ3) is 1.44. The fourth-order valence-electron chi connectivity index (χ4n) is 2.87. The highest BCUT2D eigenvalue weighted by Crippen LogP contribution is 2.61. The average Bonchev–Trinajstić information content (AvgIpc) is 2.59. The zero-order valence-electron chi connectivity index (χ0n) is 7.85. The van der Waals surface area contributed by atoms with Crippen molar-refractivity contribution < 1.29 is 4.74 Å². The molecule has 1 aliphatic carbocycles. The quantitative estimate of drug-likeness (QED) is 0.632. The second-order valence-corrected chi connectivity index (χ2v) is 5.23. The highest BCUT2D eigenvalue weighted by molar-refractivity contribution is 9.09. The predicted molar refractivity (Wildman–Crippen MR) is 53.6 cm³/mol. The lowest BCUT2D eigenvalue weighted by Gasteiger charge is -2.33. The molecule has 1 spiro atoms. The molecule has 1 heterocycles. The number of alkyl halides is 1. The van der Waals surface area contributed by atoms with Gasteiger partial charge < -0.3 is 4.74 Å². The lowest BCUT2D eigenvalue weighted by atomic mass is 9.87. The van der Waals surface area contributed by atoms with Gasteiger partial charge in [0.1, 0.15) is 0 Å². The maximum atomic E-state index is 5.74. The zero-order chi connectivity index (χ0) is 8.77. The van der Waals surface area contributed by atoms with E-state index in [2.05, 4.69) is 29.8 Å². The van der Waals surface area contributed by atoms with Gasteiger partial charge in [-0.1, -0.05) is 15.9 Å². The molecule has 2 aliphatic rings. The van der Waals surface area contributed by atoms with E-state index in [0.717, 1.165) is 5.92 Å². The molecule has 3 unspecified atom stereocenters. The van der Waals surface area contributed by atoms with Crippen LogP contribution in [0, 0.1) is 11.3 Å². The summed E-state index contributed by atoms with van der Waals surface area (Å²) < 4.78 is 5.74. The minimum atomic E-state index is 0.484. The molecule has 12 heavy (non-hydrogen) atoms. The van der Waals surface area contributed by atoms with Crippen molar-refractivity contribution >= 4 is 15.9 Å². The van der Waals surface area contributed by atoms with E-state index in [9.17, 15) is 0 Å². The molecule has 0 radical (unpaired) electrons. The van der Waals surface area contributed by atoms with Crippen LogP contribution in [0.4, 0.5) is 0 Å². The Balaban J connectivity index is 1.99. The van der Waals surface area contributed by atoms with Crippen molar-refractivity contribution in [3.05, 3.63) is 0 Å². The van der Waals surface area contributed by atoms with Crippen molar-refractivity contribution in [1.29, 1.82) is 0 Å². The maximum Gasteiger partial charge on any atom is 0.0556 e. The van der Waals surface area contributed by atoms with Crippen molar-refractivity contribution in [1.82, 2.24) is 0 Å². The Hall–Kier alpha value is 0.440. The lowest BCUT2D eigenvalue weighted by molar-refractivity contribution is -0.0619. The zero-order valence-corrected chi connectivity index (χ0v) is 9.43. The van der Waals surface area contributed by atoms with Gasteiger partial charge in [0.05, 0.1) is 12.2 Å². The van der Waals surface area contributed by atoms with E-state index in [1.807, 2.05) is 0 Å². The van der Waals surface area contributed by atoms with Crippen LogP contribution >= 0.6 is 15.9 Å². The van der Waals surface area contributed by atoms with Gasteiger partial charge in [-0.05, 0) is 44.4 Å². The van der Waals surface area contributed by atoms with Gasteiger partial charge in [0.2, 0.25) is 0 Å². The standard InChI is InChI=1S/C10H17BrO/c1-7-3-10(4-8(2)12-7)5-9(10)6-11/h7-9H,3-6H2,1-2H3. The highest BCUT2D eigenvalue weighted by Gasteiger charge is 2.55. The lowest BCUT2D eigenvalue weighted by Crippen LogP contribution is -2.31. The van der Waals surface area contributed by atoms with Crippen LogP contribution in [0.2, 0.25) is 0 Å². The molecule has 0 bridgehead atoms. The molecule has 0 N–H and O–H groups in total. The average molecular weight is 233 g/mol. The normalized spacial score (nSPS) is 52.8. The number of halogens is 1. The molecule has 2 heteroatoms. The van der Waals surface area contributed by atoms with Crippen molar-refractivity contribution in [2.45, 2.75) is 45.3 Å². The highest BCUT2D eigenvalue weighted by atomic mass is 79.9. The summed E-state index contributed by atoms with van der Waals surface area (Å²) in [5.41, 5.74) is 0.667.